The van der Waals surface area contributed by atoms with Crippen LogP contribution in [0.5, 0.6) is 11.5 Å². The summed E-state index contributed by atoms with van der Waals surface area (Å²) in [7, 11) is 0. The highest BCUT2D eigenvalue weighted by molar-refractivity contribution is 5.43. The van der Waals surface area contributed by atoms with E-state index in [0.717, 1.165) is 42.0 Å². The first-order valence-electron chi connectivity index (χ1n) is 12.0. The van der Waals surface area contributed by atoms with Crippen molar-refractivity contribution in [2.24, 2.45) is 0 Å². The van der Waals surface area contributed by atoms with Crippen LogP contribution < -0.4 is 14.8 Å². The van der Waals surface area contributed by atoms with Crippen LogP contribution in [0.15, 0.2) is 109 Å². The minimum atomic E-state index is 0.421. The molecule has 0 aromatic heterocycles. The van der Waals surface area contributed by atoms with Crippen molar-refractivity contribution in [2.75, 3.05) is 6.54 Å². The molecule has 0 fully saturated rings. The smallest absolute Gasteiger partial charge is 0.161 e. The largest absolute Gasteiger partial charge is 0.485 e. The summed E-state index contributed by atoms with van der Waals surface area (Å²) in [6.07, 6.45) is 1.96. The molecule has 3 heteroatoms. The lowest BCUT2D eigenvalue weighted by molar-refractivity contribution is 0.255. The maximum atomic E-state index is 6.21. The summed E-state index contributed by atoms with van der Waals surface area (Å²) >= 11 is 0. The summed E-state index contributed by atoms with van der Waals surface area (Å²) in [6.45, 7) is 4.18. The Kier molecular flexibility index (Phi) is 8.76. The Balaban J connectivity index is 1.37. The Morgan fingerprint density at radius 2 is 1.12 bits per heavy atom. The van der Waals surface area contributed by atoms with Crippen molar-refractivity contribution in [3.63, 3.8) is 0 Å². The van der Waals surface area contributed by atoms with Gasteiger partial charge in [-0.15, -0.1) is 0 Å². The molecule has 174 valence electrons. The Bertz CT molecular complexity index is 1110. The predicted molar refractivity (Wildman–Crippen MR) is 139 cm³/mol. The van der Waals surface area contributed by atoms with Crippen molar-refractivity contribution < 1.29 is 9.47 Å². The van der Waals surface area contributed by atoms with E-state index in [1.54, 1.807) is 0 Å². The highest BCUT2D eigenvalue weighted by Crippen LogP contribution is 2.30. The number of rotatable bonds is 12. The molecule has 4 rings (SSSR count). The van der Waals surface area contributed by atoms with Crippen LogP contribution in [-0.2, 0) is 26.1 Å². The summed E-state index contributed by atoms with van der Waals surface area (Å²) in [5.41, 5.74) is 4.86. The molecule has 0 aliphatic carbocycles. The number of ether oxygens (including phenoxy) is 2. The molecule has 1 unspecified atom stereocenters. The first-order valence-corrected chi connectivity index (χ1v) is 12.0. The summed E-state index contributed by atoms with van der Waals surface area (Å²) in [5.74, 6) is 1.56. The minimum absolute atomic E-state index is 0.421. The van der Waals surface area contributed by atoms with Gasteiger partial charge in [-0.2, -0.15) is 0 Å². The lowest BCUT2D eigenvalue weighted by atomic mass is 10.1. The van der Waals surface area contributed by atoms with Gasteiger partial charge >= 0.3 is 0 Å². The summed E-state index contributed by atoms with van der Waals surface area (Å²) < 4.78 is 12.3. The fraction of sp³-hybridized carbons (Fsp3) is 0.226. The third-order valence-electron chi connectivity index (χ3n) is 5.77. The highest BCUT2D eigenvalue weighted by Gasteiger charge is 2.09. The van der Waals surface area contributed by atoms with Crippen LogP contribution in [0.2, 0.25) is 0 Å². The van der Waals surface area contributed by atoms with E-state index in [-0.39, 0.29) is 0 Å². The van der Waals surface area contributed by atoms with Gasteiger partial charge in [0.25, 0.3) is 0 Å². The van der Waals surface area contributed by atoms with Crippen molar-refractivity contribution in [1.29, 1.82) is 0 Å². The van der Waals surface area contributed by atoms with Crippen LogP contribution in [-0.4, -0.2) is 12.6 Å². The standard InChI is InChI=1S/C31H33NO2/c1-25(21-26-11-5-2-6-12-26)32-20-19-27-17-18-30(33-23-28-13-7-3-8-14-28)31(22-27)34-24-29-15-9-4-10-16-29/h2-18,22,25,32H,19-21,23-24H2,1H3. The monoisotopic (exact) mass is 451 g/mol. The zero-order valence-electron chi connectivity index (χ0n) is 19.8. The minimum Gasteiger partial charge on any atom is -0.485 e. The SMILES string of the molecule is CC(Cc1ccccc1)NCCc1ccc(OCc2ccccc2)c(OCc2ccccc2)c1. The second kappa shape index (κ2) is 12.6. The van der Waals surface area contributed by atoms with Crippen LogP contribution >= 0.6 is 0 Å². The van der Waals surface area contributed by atoms with Crippen molar-refractivity contribution in [1.82, 2.24) is 5.32 Å². The van der Waals surface area contributed by atoms with E-state index in [9.17, 15) is 0 Å². The van der Waals surface area contributed by atoms with Crippen molar-refractivity contribution in [2.45, 2.75) is 39.0 Å². The van der Waals surface area contributed by atoms with E-state index in [2.05, 4.69) is 79.0 Å². The number of benzene rings is 4. The molecule has 4 aromatic carbocycles. The maximum absolute atomic E-state index is 6.21. The fourth-order valence-electron chi connectivity index (χ4n) is 3.91. The molecule has 4 aromatic rings. The van der Waals surface area contributed by atoms with Crippen LogP contribution in [0.25, 0.3) is 0 Å². The predicted octanol–water partition coefficient (Wildman–Crippen LogP) is 6.61. The van der Waals surface area contributed by atoms with Gasteiger partial charge in [-0.1, -0.05) is 97.1 Å². The van der Waals surface area contributed by atoms with Crippen molar-refractivity contribution >= 4 is 0 Å². The van der Waals surface area contributed by atoms with Gasteiger partial charge in [-0.3, -0.25) is 0 Å². The topological polar surface area (TPSA) is 30.5 Å². The highest BCUT2D eigenvalue weighted by atomic mass is 16.5. The van der Waals surface area contributed by atoms with E-state index < -0.39 is 0 Å². The van der Waals surface area contributed by atoms with Crippen molar-refractivity contribution in [3.8, 4) is 11.5 Å². The Morgan fingerprint density at radius 3 is 1.71 bits per heavy atom. The molecular formula is C31H33NO2. The molecule has 0 spiro atoms. The molecule has 0 saturated heterocycles. The van der Waals surface area contributed by atoms with E-state index in [1.807, 2.05) is 42.5 Å². The molecule has 0 amide bonds. The molecule has 1 N–H and O–H groups in total. The number of hydrogen-bond acceptors (Lipinski definition) is 3. The zero-order chi connectivity index (χ0) is 23.4. The normalized spacial score (nSPS) is 11.7. The molecule has 1 atom stereocenters. The average Bonchev–Trinajstić information content (AvgIpc) is 2.88. The van der Waals surface area contributed by atoms with Gasteiger partial charge in [0.1, 0.15) is 13.2 Å². The zero-order valence-corrected chi connectivity index (χ0v) is 19.8. The van der Waals surface area contributed by atoms with E-state index in [4.69, 9.17) is 9.47 Å². The summed E-state index contributed by atoms with van der Waals surface area (Å²) in [5, 5.41) is 3.65. The number of hydrogen-bond donors (Lipinski definition) is 1. The number of nitrogens with one attached hydrogen (secondary N) is 1. The molecule has 0 bridgehead atoms. The summed E-state index contributed by atoms with van der Waals surface area (Å²) in [6, 6.07) is 37.8. The molecule has 0 saturated carbocycles. The lowest BCUT2D eigenvalue weighted by Crippen LogP contribution is -2.29. The molecule has 0 heterocycles. The van der Waals surface area contributed by atoms with Gasteiger partial charge in [0.2, 0.25) is 0 Å². The first kappa shape index (κ1) is 23.6. The van der Waals surface area contributed by atoms with Gasteiger partial charge in [-0.25, -0.2) is 0 Å². The van der Waals surface area contributed by atoms with Crippen molar-refractivity contribution in [3.05, 3.63) is 131 Å². The third-order valence-corrected chi connectivity index (χ3v) is 5.77. The molecule has 0 radical (unpaired) electrons. The van der Waals surface area contributed by atoms with Gasteiger partial charge in [-0.05, 0) is 60.7 Å². The fourth-order valence-corrected chi connectivity index (χ4v) is 3.91. The Hall–Kier alpha value is -3.56. The third kappa shape index (κ3) is 7.50. The van der Waals surface area contributed by atoms with Gasteiger partial charge in [0.05, 0.1) is 0 Å². The maximum Gasteiger partial charge on any atom is 0.161 e. The van der Waals surface area contributed by atoms with Gasteiger partial charge in [0, 0.05) is 6.04 Å². The molecule has 0 aliphatic heterocycles. The quantitative estimate of drug-likeness (QED) is 0.263. The average molecular weight is 452 g/mol. The molecular weight excluding hydrogens is 418 g/mol. The van der Waals surface area contributed by atoms with Gasteiger partial charge < -0.3 is 14.8 Å². The van der Waals surface area contributed by atoms with Crippen LogP contribution in [0.4, 0.5) is 0 Å². The molecule has 0 aliphatic rings. The second-order valence-electron chi connectivity index (χ2n) is 8.62. The van der Waals surface area contributed by atoms with Crippen LogP contribution in [0, 0.1) is 0 Å². The van der Waals surface area contributed by atoms with E-state index >= 15 is 0 Å². The second-order valence-corrected chi connectivity index (χ2v) is 8.62. The molecule has 34 heavy (non-hydrogen) atoms. The Labute approximate surface area is 203 Å². The van der Waals surface area contributed by atoms with Crippen LogP contribution in [0.3, 0.4) is 0 Å². The Morgan fingerprint density at radius 1 is 0.588 bits per heavy atom. The lowest BCUT2D eigenvalue weighted by Gasteiger charge is -2.16. The van der Waals surface area contributed by atoms with Gasteiger partial charge in [0.15, 0.2) is 11.5 Å². The van der Waals surface area contributed by atoms with E-state index in [1.165, 1.54) is 11.1 Å². The molecule has 3 nitrogen and oxygen atoms in total. The summed E-state index contributed by atoms with van der Waals surface area (Å²) in [4.78, 5) is 0. The van der Waals surface area contributed by atoms with Crippen LogP contribution in [0.1, 0.15) is 29.2 Å². The van der Waals surface area contributed by atoms with E-state index in [0.29, 0.717) is 19.3 Å². The first-order chi connectivity index (χ1) is 16.8.